The number of alkyl halides is 6. The summed E-state index contributed by atoms with van der Waals surface area (Å²) in [6.07, 6.45) is -12.0. The number of halogens is 6. The maximum atomic E-state index is 12.8. The number of hydrogen-bond acceptors (Lipinski definition) is 4. The average molecular weight is 344 g/mol. The van der Waals surface area contributed by atoms with Crippen LogP contribution in [0.15, 0.2) is 23.5 Å². The van der Waals surface area contributed by atoms with E-state index in [2.05, 4.69) is 10.0 Å². The molecule has 0 spiro atoms. The summed E-state index contributed by atoms with van der Waals surface area (Å²) in [5, 5.41) is 2.73. The highest BCUT2D eigenvalue weighted by Gasteiger charge is 2.38. The van der Waals surface area contributed by atoms with E-state index in [9.17, 15) is 36.0 Å². The molecule has 0 fully saturated rings. The zero-order valence-corrected chi connectivity index (χ0v) is 11.7. The van der Waals surface area contributed by atoms with Crippen LogP contribution in [-0.2, 0) is 21.9 Å². The predicted octanol–water partition coefficient (Wildman–Crippen LogP) is 3.90. The van der Waals surface area contributed by atoms with E-state index in [0.29, 0.717) is 17.1 Å². The zero-order valence-electron chi connectivity index (χ0n) is 11.7. The third-order valence-electron chi connectivity index (χ3n) is 2.64. The molecule has 0 aliphatic carbocycles. The summed E-state index contributed by atoms with van der Waals surface area (Å²) in [6, 6.07) is 0.623. The smallest absolute Gasteiger partial charge is 0.416 e. The summed E-state index contributed by atoms with van der Waals surface area (Å²) in [5.41, 5.74) is -3.89. The van der Waals surface area contributed by atoms with Crippen LogP contribution in [0.25, 0.3) is 0 Å². The lowest BCUT2D eigenvalue weighted by atomic mass is 10.0. The topological polar surface area (TPSA) is 59.0 Å². The van der Waals surface area contributed by atoms with Gasteiger partial charge < -0.3 is 4.74 Å². The average Bonchev–Trinajstić information content (AvgIpc) is 2.41. The number of hydrogen-bond donors (Lipinski definition) is 0. The van der Waals surface area contributed by atoms with E-state index in [1.807, 2.05) is 0 Å². The fourth-order valence-electron chi connectivity index (χ4n) is 1.68. The van der Waals surface area contributed by atoms with Gasteiger partial charge in [-0.25, -0.2) is 5.01 Å². The van der Waals surface area contributed by atoms with Gasteiger partial charge in [0.2, 0.25) is 6.23 Å². The molecule has 1 aromatic rings. The highest BCUT2D eigenvalue weighted by molar-refractivity contribution is 5.66. The van der Waals surface area contributed by atoms with Gasteiger partial charge in [-0.2, -0.15) is 26.3 Å². The molecule has 11 heteroatoms. The lowest BCUT2D eigenvalue weighted by molar-refractivity contribution is -0.156. The highest BCUT2D eigenvalue weighted by Crippen LogP contribution is 2.38. The van der Waals surface area contributed by atoms with Crippen molar-refractivity contribution in [2.45, 2.75) is 25.5 Å². The summed E-state index contributed by atoms with van der Waals surface area (Å²) in [7, 11) is 0.939. The zero-order chi connectivity index (χ0) is 18.0. The monoisotopic (exact) mass is 344 g/mol. The number of nitrogens with zero attached hydrogens (tertiary/aromatic N) is 2. The van der Waals surface area contributed by atoms with Gasteiger partial charge in [0.1, 0.15) is 0 Å². The first-order valence-corrected chi connectivity index (χ1v) is 5.89. The summed E-state index contributed by atoms with van der Waals surface area (Å²) < 4.78 is 81.2. The van der Waals surface area contributed by atoms with Crippen LogP contribution in [0.2, 0.25) is 0 Å². The van der Waals surface area contributed by atoms with Gasteiger partial charge in [0, 0.05) is 19.5 Å². The second kappa shape index (κ2) is 6.42. The van der Waals surface area contributed by atoms with Crippen LogP contribution < -0.4 is 0 Å². The molecule has 23 heavy (non-hydrogen) atoms. The van der Waals surface area contributed by atoms with Crippen LogP contribution in [0.5, 0.6) is 0 Å². The van der Waals surface area contributed by atoms with Gasteiger partial charge in [0.15, 0.2) is 0 Å². The second-order valence-electron chi connectivity index (χ2n) is 4.46. The Hall–Kier alpha value is -2.33. The van der Waals surface area contributed by atoms with Crippen molar-refractivity contribution >= 4 is 5.97 Å². The van der Waals surface area contributed by atoms with Crippen molar-refractivity contribution in [1.29, 1.82) is 0 Å². The third kappa shape index (κ3) is 4.83. The maximum absolute atomic E-state index is 12.8. The minimum atomic E-state index is -5.07. The van der Waals surface area contributed by atoms with Crippen molar-refractivity contribution in [3.8, 4) is 0 Å². The molecule has 1 atom stereocenters. The maximum Gasteiger partial charge on any atom is 0.416 e. The Bertz CT molecular complexity index is 567. The molecule has 1 rings (SSSR count). The van der Waals surface area contributed by atoms with Crippen molar-refractivity contribution in [2.75, 3.05) is 7.05 Å². The molecule has 0 aromatic heterocycles. The molecule has 0 aliphatic heterocycles. The summed E-state index contributed by atoms with van der Waals surface area (Å²) in [4.78, 5) is 21.5. The van der Waals surface area contributed by atoms with Crippen LogP contribution >= 0.6 is 0 Å². The Morgan fingerprint density at radius 3 is 1.83 bits per heavy atom. The van der Waals surface area contributed by atoms with Crippen LogP contribution in [0, 0.1) is 4.91 Å². The fraction of sp³-hybridized carbons (Fsp3) is 0.417. The highest BCUT2D eigenvalue weighted by atomic mass is 19.4. The number of benzene rings is 1. The standard InChI is InChI=1S/C12H10F6N2O3/c1-6(21)23-10(20(2)19-22)7-3-8(11(13,14)15)5-9(4-7)12(16,17)18/h3-5,10H,1-2H3. The molecule has 0 saturated carbocycles. The first-order chi connectivity index (χ1) is 10.4. The Labute approximate surface area is 125 Å². The number of nitroso groups, excluding NO2 is 1. The molecule has 0 N–H and O–H groups in total. The van der Waals surface area contributed by atoms with Gasteiger partial charge in [-0.15, -0.1) is 4.91 Å². The molecule has 128 valence electrons. The molecular weight excluding hydrogens is 334 g/mol. The molecular formula is C12H10F6N2O3. The Morgan fingerprint density at radius 1 is 1.09 bits per heavy atom. The van der Waals surface area contributed by atoms with Crippen molar-refractivity contribution in [1.82, 2.24) is 5.01 Å². The van der Waals surface area contributed by atoms with Gasteiger partial charge >= 0.3 is 18.3 Å². The summed E-state index contributed by atoms with van der Waals surface area (Å²) >= 11 is 0. The van der Waals surface area contributed by atoms with Gasteiger partial charge in [0.25, 0.3) is 0 Å². The van der Waals surface area contributed by atoms with Crippen LogP contribution in [-0.4, -0.2) is 18.0 Å². The van der Waals surface area contributed by atoms with Crippen LogP contribution in [0.4, 0.5) is 26.3 Å². The Kier molecular flexibility index (Phi) is 5.23. The van der Waals surface area contributed by atoms with Gasteiger partial charge in [-0.1, -0.05) is 0 Å². The second-order valence-corrected chi connectivity index (χ2v) is 4.46. The lowest BCUT2D eigenvalue weighted by Gasteiger charge is -2.24. The number of carbonyl (C=O) groups is 1. The van der Waals surface area contributed by atoms with E-state index >= 15 is 0 Å². The molecule has 0 bridgehead atoms. The largest absolute Gasteiger partial charge is 0.436 e. The lowest BCUT2D eigenvalue weighted by Crippen LogP contribution is -2.24. The number of rotatable bonds is 4. The molecule has 0 aliphatic rings. The molecule has 0 heterocycles. The van der Waals surface area contributed by atoms with E-state index in [1.165, 1.54) is 0 Å². The fourth-order valence-corrected chi connectivity index (χ4v) is 1.68. The molecule has 1 unspecified atom stereocenters. The molecule has 5 nitrogen and oxygen atoms in total. The van der Waals surface area contributed by atoms with Gasteiger partial charge in [0.05, 0.1) is 16.4 Å². The van der Waals surface area contributed by atoms with Gasteiger partial charge in [-0.05, 0) is 18.2 Å². The van der Waals surface area contributed by atoms with E-state index in [0.717, 1.165) is 14.0 Å². The van der Waals surface area contributed by atoms with Crippen LogP contribution in [0.3, 0.4) is 0 Å². The molecule has 1 aromatic carbocycles. The van der Waals surface area contributed by atoms with E-state index in [-0.39, 0.29) is 6.07 Å². The van der Waals surface area contributed by atoms with Crippen LogP contribution in [0.1, 0.15) is 29.8 Å². The Balaban J connectivity index is 3.53. The minimum Gasteiger partial charge on any atom is -0.436 e. The van der Waals surface area contributed by atoms with Gasteiger partial charge in [-0.3, -0.25) is 4.79 Å². The van der Waals surface area contributed by atoms with E-state index in [1.54, 1.807) is 0 Å². The molecule has 0 radical (unpaired) electrons. The van der Waals surface area contributed by atoms with E-state index < -0.39 is 41.2 Å². The molecule has 0 saturated heterocycles. The first-order valence-electron chi connectivity index (χ1n) is 5.89. The number of esters is 1. The van der Waals surface area contributed by atoms with Crippen molar-refractivity contribution < 1.29 is 35.9 Å². The number of ether oxygens (including phenoxy) is 1. The third-order valence-corrected chi connectivity index (χ3v) is 2.64. The normalized spacial score (nSPS) is 13.4. The van der Waals surface area contributed by atoms with Crippen molar-refractivity contribution in [3.63, 3.8) is 0 Å². The molecule has 0 amide bonds. The summed E-state index contributed by atoms with van der Waals surface area (Å²) in [5.74, 6) is -1.02. The predicted molar refractivity (Wildman–Crippen MR) is 64.5 cm³/mol. The quantitative estimate of drug-likeness (QED) is 0.273. The van der Waals surface area contributed by atoms with E-state index in [4.69, 9.17) is 0 Å². The summed E-state index contributed by atoms with van der Waals surface area (Å²) in [6.45, 7) is 0.879. The van der Waals surface area contributed by atoms with Crippen molar-refractivity contribution in [2.24, 2.45) is 5.29 Å². The first kappa shape index (κ1) is 18.7. The SMILES string of the molecule is CC(=O)OC(c1cc(C(F)(F)F)cc(C(F)(F)F)c1)N(C)N=O. The number of carbonyl (C=O) groups excluding carboxylic acids is 1. The Morgan fingerprint density at radius 2 is 1.52 bits per heavy atom. The van der Waals surface area contributed by atoms with Crippen molar-refractivity contribution in [3.05, 3.63) is 39.8 Å². The minimum absolute atomic E-state index is 0.0807.